The number of nitrogens with one attached hydrogen (secondary N) is 4. The van der Waals surface area contributed by atoms with Crippen molar-refractivity contribution in [2.45, 2.75) is 53.6 Å². The molecule has 0 bridgehead atoms. The van der Waals surface area contributed by atoms with Crippen LogP contribution in [0.25, 0.3) is 0 Å². The van der Waals surface area contributed by atoms with Gasteiger partial charge in [0, 0.05) is 101 Å². The van der Waals surface area contributed by atoms with Crippen molar-refractivity contribution < 1.29 is 18.4 Å². The molecule has 0 radical (unpaired) electrons. The van der Waals surface area contributed by atoms with E-state index in [9.17, 15) is 18.4 Å². The van der Waals surface area contributed by atoms with Crippen LogP contribution in [-0.4, -0.2) is 104 Å². The Morgan fingerprint density at radius 1 is 0.530 bits per heavy atom. The van der Waals surface area contributed by atoms with E-state index in [-0.39, 0.29) is 24.7 Å². The van der Waals surface area contributed by atoms with E-state index in [0.717, 1.165) is 55.6 Å². The van der Waals surface area contributed by atoms with E-state index in [1.165, 1.54) is 35.4 Å². The molecular weight excluding hydrogens is 843 g/mol. The molecule has 0 spiro atoms. The van der Waals surface area contributed by atoms with Crippen LogP contribution in [-0.2, 0) is 22.7 Å². The zero-order valence-electron chi connectivity index (χ0n) is 37.6. The van der Waals surface area contributed by atoms with Crippen molar-refractivity contribution in [3.05, 3.63) is 130 Å². The van der Waals surface area contributed by atoms with Gasteiger partial charge in [-0.3, -0.25) is 19.4 Å². The van der Waals surface area contributed by atoms with Crippen molar-refractivity contribution >= 4 is 58.4 Å². The third kappa shape index (κ3) is 11.5. The minimum Gasteiger partial charge on any atom is -0.338 e. The molecule has 4 N–H and O–H groups in total. The fraction of sp³-hybridized carbons (Fsp3) is 0.333. The van der Waals surface area contributed by atoms with Crippen LogP contribution in [0, 0.1) is 39.3 Å². The van der Waals surface area contributed by atoms with Gasteiger partial charge in [-0.05, 0) is 97.5 Å². The van der Waals surface area contributed by atoms with Crippen molar-refractivity contribution in [3.63, 3.8) is 0 Å². The second kappa shape index (κ2) is 20.8. The standard InChI is InChI=1S/C48H54F2N14O2/c1-31-11-12-35(25-32(31)2)27-61-17-21-63(22-18-61)47-53-29-51-45(59-47)57-41-9-5-7-39(33(41)3)55-43(65)15-16-44(66)56-40-8-6-10-42(34(40)4)58-46-52-30-54-48(60-46)64-23-19-62(20-24-64)28-36-13-14-37(49)38(50)26-36/h5-14,25-26,29-30H,15-24,27-28H2,1-4H3,(H,55,65)(H,56,66)(H,51,53,57,59)(H,52,54,58,60). The first kappa shape index (κ1) is 45.4. The molecule has 4 heterocycles. The van der Waals surface area contributed by atoms with Gasteiger partial charge < -0.3 is 31.1 Å². The van der Waals surface area contributed by atoms with Gasteiger partial charge in [-0.15, -0.1) is 0 Å². The molecule has 2 aliphatic rings. The molecule has 2 saturated heterocycles. The molecule has 2 amide bonds. The average molecular weight is 897 g/mol. The molecule has 6 aromatic rings. The van der Waals surface area contributed by atoms with E-state index < -0.39 is 11.6 Å². The summed E-state index contributed by atoms with van der Waals surface area (Å²) in [7, 11) is 0. The van der Waals surface area contributed by atoms with Gasteiger partial charge >= 0.3 is 0 Å². The zero-order chi connectivity index (χ0) is 46.2. The highest BCUT2D eigenvalue weighted by Crippen LogP contribution is 2.28. The quantitative estimate of drug-likeness (QED) is 0.0826. The molecule has 0 aliphatic carbocycles. The summed E-state index contributed by atoms with van der Waals surface area (Å²) in [6.07, 6.45) is 2.90. The number of hydrogen-bond donors (Lipinski definition) is 4. The van der Waals surface area contributed by atoms with Crippen LogP contribution < -0.4 is 31.1 Å². The number of piperazine rings is 2. The largest absolute Gasteiger partial charge is 0.338 e. The molecule has 2 aliphatic heterocycles. The van der Waals surface area contributed by atoms with E-state index in [2.05, 4.69) is 92.9 Å². The summed E-state index contributed by atoms with van der Waals surface area (Å²) in [5.74, 6) is -0.440. The summed E-state index contributed by atoms with van der Waals surface area (Å²) < 4.78 is 27.1. The first-order valence-corrected chi connectivity index (χ1v) is 22.1. The molecule has 2 fully saturated rings. The monoisotopic (exact) mass is 896 g/mol. The number of rotatable bonds is 15. The number of aromatic nitrogens is 6. The van der Waals surface area contributed by atoms with Gasteiger partial charge in [0.2, 0.25) is 35.6 Å². The molecule has 66 heavy (non-hydrogen) atoms. The summed E-state index contributed by atoms with van der Waals surface area (Å²) in [6.45, 7) is 15.6. The van der Waals surface area contributed by atoms with E-state index in [4.69, 9.17) is 4.98 Å². The zero-order valence-corrected chi connectivity index (χ0v) is 37.6. The first-order chi connectivity index (χ1) is 31.9. The van der Waals surface area contributed by atoms with Crippen LogP contribution in [0.3, 0.4) is 0 Å². The molecule has 342 valence electrons. The summed E-state index contributed by atoms with van der Waals surface area (Å²) >= 11 is 0. The Hall–Kier alpha value is -7.18. The highest BCUT2D eigenvalue weighted by molar-refractivity contribution is 5.98. The molecule has 0 unspecified atom stereocenters. The average Bonchev–Trinajstić information content (AvgIpc) is 3.31. The minimum atomic E-state index is -0.854. The number of aryl methyl sites for hydroxylation is 2. The van der Waals surface area contributed by atoms with Crippen LogP contribution >= 0.6 is 0 Å². The van der Waals surface area contributed by atoms with Gasteiger partial charge in [0.05, 0.1) is 0 Å². The fourth-order valence-corrected chi connectivity index (χ4v) is 7.98. The van der Waals surface area contributed by atoms with Gasteiger partial charge in [-0.2, -0.15) is 9.97 Å². The molecular formula is C48H54F2N14O2. The van der Waals surface area contributed by atoms with E-state index in [0.29, 0.717) is 79.1 Å². The Bertz CT molecular complexity index is 2510. The third-order valence-corrected chi connectivity index (χ3v) is 12.1. The number of amides is 2. The first-order valence-electron chi connectivity index (χ1n) is 22.1. The minimum absolute atomic E-state index is 0.0264. The molecule has 18 heteroatoms. The van der Waals surface area contributed by atoms with Crippen LogP contribution in [0.5, 0.6) is 0 Å². The van der Waals surface area contributed by atoms with Crippen LogP contribution in [0.4, 0.5) is 55.3 Å². The predicted octanol–water partition coefficient (Wildman–Crippen LogP) is 7.06. The number of carbonyl (C=O) groups excluding carboxylic acids is 2. The lowest BCUT2D eigenvalue weighted by molar-refractivity contribution is -0.121. The van der Waals surface area contributed by atoms with Crippen LogP contribution in [0.2, 0.25) is 0 Å². The Labute approximate surface area is 382 Å². The van der Waals surface area contributed by atoms with Crippen LogP contribution in [0.15, 0.2) is 85.5 Å². The summed E-state index contributed by atoms with van der Waals surface area (Å²) in [6, 6.07) is 21.7. The molecule has 8 rings (SSSR count). The molecule has 16 nitrogen and oxygen atoms in total. The number of halogens is 2. The summed E-state index contributed by atoms with van der Waals surface area (Å²) in [4.78, 5) is 62.0. The van der Waals surface area contributed by atoms with E-state index >= 15 is 0 Å². The highest BCUT2D eigenvalue weighted by Gasteiger charge is 2.22. The number of anilines is 8. The van der Waals surface area contributed by atoms with Gasteiger partial charge in [0.15, 0.2) is 11.6 Å². The van der Waals surface area contributed by atoms with Crippen molar-refractivity contribution in [1.82, 2.24) is 39.7 Å². The SMILES string of the molecule is Cc1ccc(CN2CCN(c3ncnc(Nc4cccc(NC(=O)CCC(=O)Nc5cccc(Nc6ncnc(N7CCN(Cc8ccc(F)c(F)c8)CC7)n6)c5C)c4C)n3)CC2)cc1C. The number of carbonyl (C=O) groups is 2. The summed E-state index contributed by atoms with van der Waals surface area (Å²) in [5.41, 5.74) is 8.83. The second-order valence-corrected chi connectivity index (χ2v) is 16.7. The third-order valence-electron chi connectivity index (χ3n) is 12.1. The Kier molecular flexibility index (Phi) is 14.3. The fourth-order valence-electron chi connectivity index (χ4n) is 7.98. The lowest BCUT2D eigenvalue weighted by Crippen LogP contribution is -2.46. The van der Waals surface area contributed by atoms with Crippen molar-refractivity contribution in [2.75, 3.05) is 83.4 Å². The van der Waals surface area contributed by atoms with Crippen molar-refractivity contribution in [2.24, 2.45) is 0 Å². The van der Waals surface area contributed by atoms with Crippen molar-refractivity contribution in [3.8, 4) is 0 Å². The lowest BCUT2D eigenvalue weighted by atomic mass is 10.1. The van der Waals surface area contributed by atoms with Gasteiger partial charge in [0.25, 0.3) is 0 Å². The maximum Gasteiger partial charge on any atom is 0.232 e. The smallest absolute Gasteiger partial charge is 0.232 e. The molecule has 0 saturated carbocycles. The second-order valence-electron chi connectivity index (χ2n) is 16.7. The topological polar surface area (TPSA) is 173 Å². The molecule has 2 aromatic heterocycles. The Morgan fingerprint density at radius 2 is 0.985 bits per heavy atom. The summed E-state index contributed by atoms with van der Waals surface area (Å²) in [5, 5.41) is 12.4. The number of benzene rings is 4. The Balaban J connectivity index is 0.793. The molecule has 4 aromatic carbocycles. The maximum atomic E-state index is 13.7. The van der Waals surface area contributed by atoms with Crippen molar-refractivity contribution in [1.29, 1.82) is 0 Å². The van der Waals surface area contributed by atoms with E-state index in [1.54, 1.807) is 12.1 Å². The highest BCUT2D eigenvalue weighted by atomic mass is 19.2. The number of hydrogen-bond acceptors (Lipinski definition) is 14. The Morgan fingerprint density at radius 3 is 1.45 bits per heavy atom. The lowest BCUT2D eigenvalue weighted by Gasteiger charge is -2.34. The predicted molar refractivity (Wildman–Crippen MR) is 252 cm³/mol. The maximum absolute atomic E-state index is 13.7. The molecule has 0 atom stereocenters. The normalized spacial score (nSPS) is 14.5. The number of nitrogens with zero attached hydrogens (tertiary/aromatic N) is 10. The van der Waals surface area contributed by atoms with Gasteiger partial charge in [0.1, 0.15) is 12.7 Å². The van der Waals surface area contributed by atoms with Gasteiger partial charge in [-0.1, -0.05) is 36.4 Å². The van der Waals surface area contributed by atoms with Gasteiger partial charge in [-0.25, -0.2) is 28.7 Å². The van der Waals surface area contributed by atoms with E-state index in [1.807, 2.05) is 49.1 Å². The van der Waals surface area contributed by atoms with Crippen LogP contribution in [0.1, 0.15) is 46.2 Å².